The van der Waals surface area contributed by atoms with Crippen LogP contribution in [0.25, 0.3) is 6.08 Å². The van der Waals surface area contributed by atoms with Crippen LogP contribution in [-0.2, 0) is 9.59 Å². The van der Waals surface area contributed by atoms with Crippen LogP contribution < -0.4 is 19.7 Å². The first kappa shape index (κ1) is 24.7. The first-order chi connectivity index (χ1) is 15.8. The van der Waals surface area contributed by atoms with Gasteiger partial charge < -0.3 is 14.8 Å². The molecule has 1 N–H and O–H groups in total. The summed E-state index contributed by atoms with van der Waals surface area (Å²) in [5.41, 5.74) is 1.62. The summed E-state index contributed by atoms with van der Waals surface area (Å²) in [6.45, 7) is 4.64. The van der Waals surface area contributed by atoms with Crippen LogP contribution in [0.4, 0.5) is 5.69 Å². The van der Waals surface area contributed by atoms with Gasteiger partial charge in [0.05, 0.1) is 30.7 Å². The molecule has 7 nitrogen and oxygen atoms in total. The van der Waals surface area contributed by atoms with E-state index < -0.39 is 0 Å². The van der Waals surface area contributed by atoms with Crippen molar-refractivity contribution in [3.63, 3.8) is 0 Å². The number of amides is 2. The highest BCUT2D eigenvalue weighted by Gasteiger charge is 2.33. The number of anilines is 1. The fourth-order valence-corrected chi connectivity index (χ4v) is 4.00. The average molecular weight is 488 g/mol. The van der Waals surface area contributed by atoms with Crippen LogP contribution in [0.5, 0.6) is 11.5 Å². The molecule has 0 spiro atoms. The van der Waals surface area contributed by atoms with E-state index in [-0.39, 0.29) is 23.3 Å². The molecule has 0 atom stereocenters. The zero-order chi connectivity index (χ0) is 24.0. The summed E-state index contributed by atoms with van der Waals surface area (Å²) < 4.78 is 10.5. The van der Waals surface area contributed by atoms with Gasteiger partial charge >= 0.3 is 0 Å². The molecule has 33 heavy (non-hydrogen) atoms. The van der Waals surface area contributed by atoms with Gasteiger partial charge in [-0.15, -0.1) is 0 Å². The van der Waals surface area contributed by atoms with Gasteiger partial charge in [-0.3, -0.25) is 14.5 Å². The number of nitrogens with zero attached hydrogens (tertiary/aromatic N) is 2. The normalized spacial score (nSPS) is 14.6. The average Bonchev–Trinajstić information content (AvgIpc) is 3.12. The molecule has 1 aliphatic rings. The van der Waals surface area contributed by atoms with Crippen LogP contribution in [0, 0.1) is 5.92 Å². The number of benzene rings is 2. The lowest BCUT2D eigenvalue weighted by molar-refractivity contribution is -0.118. The van der Waals surface area contributed by atoms with Crippen molar-refractivity contribution >= 4 is 52.1 Å². The first-order valence-corrected chi connectivity index (χ1v) is 11.7. The van der Waals surface area contributed by atoms with Gasteiger partial charge in [-0.05, 0) is 41.8 Å². The smallest absolute Gasteiger partial charge is 0.283 e. The second-order valence-corrected chi connectivity index (χ2v) is 8.99. The van der Waals surface area contributed by atoms with Gasteiger partial charge in [0, 0.05) is 12.6 Å². The third kappa shape index (κ3) is 6.30. The lowest BCUT2D eigenvalue weighted by Gasteiger charge is -2.19. The molecule has 2 aromatic rings. The number of hydrogen-bond acceptors (Lipinski definition) is 6. The van der Waals surface area contributed by atoms with Crippen molar-refractivity contribution in [3.8, 4) is 11.5 Å². The minimum absolute atomic E-state index is 0.120. The second kappa shape index (κ2) is 11.2. The monoisotopic (exact) mass is 487 g/mol. The molecule has 0 radical (unpaired) electrons. The highest BCUT2D eigenvalue weighted by atomic mass is 35.5. The van der Waals surface area contributed by atoms with E-state index in [1.54, 1.807) is 31.4 Å². The van der Waals surface area contributed by atoms with E-state index >= 15 is 0 Å². The van der Waals surface area contributed by atoms with Crippen LogP contribution in [0.3, 0.4) is 0 Å². The van der Waals surface area contributed by atoms with Crippen molar-refractivity contribution in [2.75, 3.05) is 31.4 Å². The lowest BCUT2D eigenvalue weighted by Crippen LogP contribution is -2.33. The van der Waals surface area contributed by atoms with Gasteiger partial charge in [0.15, 0.2) is 5.17 Å². The number of hydrogen-bond donors (Lipinski definition) is 1. The summed E-state index contributed by atoms with van der Waals surface area (Å²) in [5, 5.41) is 3.72. The number of nitrogens with one attached hydrogen (secondary N) is 1. The minimum atomic E-state index is -0.305. The molecule has 1 heterocycles. The highest BCUT2D eigenvalue weighted by molar-refractivity contribution is 8.14. The molecular formula is C24H26ClN3O4S. The molecule has 0 aromatic heterocycles. The second-order valence-electron chi connectivity index (χ2n) is 7.64. The molecule has 0 saturated heterocycles. The van der Waals surface area contributed by atoms with Crippen LogP contribution in [0.2, 0.25) is 5.02 Å². The number of rotatable bonds is 8. The SMILES string of the molecule is COc1ccc(/C=C2\N=C(SCC(=O)NCC(C)C)N(c3ccc(Cl)c(OC)c3)C2=O)cc1. The quantitative estimate of drug-likeness (QED) is 0.550. The van der Waals surface area contributed by atoms with Crippen molar-refractivity contribution < 1.29 is 19.1 Å². The Labute approximate surface area is 202 Å². The standard InChI is InChI=1S/C24H26ClN3O4S/c1-15(2)13-26-22(29)14-33-24-27-20(11-16-5-8-18(31-3)9-6-16)23(30)28(24)17-7-10-19(25)21(12-17)32-4/h5-12,15H,13-14H2,1-4H3,(H,26,29)/b20-11-. The van der Waals surface area contributed by atoms with Crippen LogP contribution in [0.1, 0.15) is 19.4 Å². The number of carbonyl (C=O) groups is 2. The van der Waals surface area contributed by atoms with E-state index in [0.29, 0.717) is 34.1 Å². The molecule has 0 saturated carbocycles. The fourth-order valence-electron chi connectivity index (χ4n) is 2.97. The van der Waals surface area contributed by atoms with E-state index in [1.807, 2.05) is 38.1 Å². The van der Waals surface area contributed by atoms with Gasteiger partial charge in [0.1, 0.15) is 17.2 Å². The Balaban J connectivity index is 1.90. The summed E-state index contributed by atoms with van der Waals surface area (Å²) in [6, 6.07) is 12.4. The van der Waals surface area contributed by atoms with E-state index in [1.165, 1.54) is 23.8 Å². The molecule has 174 valence electrons. The molecule has 2 amide bonds. The Morgan fingerprint density at radius 2 is 1.91 bits per heavy atom. The van der Waals surface area contributed by atoms with E-state index in [9.17, 15) is 9.59 Å². The number of carbonyl (C=O) groups excluding carboxylic acids is 2. The predicted octanol–water partition coefficient (Wildman–Crippen LogP) is 4.61. The number of methoxy groups -OCH3 is 2. The molecule has 0 bridgehead atoms. The van der Waals surface area contributed by atoms with Gasteiger partial charge in [-0.25, -0.2) is 4.99 Å². The molecule has 1 aliphatic heterocycles. The van der Waals surface area contributed by atoms with Crippen LogP contribution >= 0.6 is 23.4 Å². The molecule has 2 aromatic carbocycles. The molecule has 0 fully saturated rings. The first-order valence-electron chi connectivity index (χ1n) is 10.3. The number of amidine groups is 1. The van der Waals surface area contributed by atoms with Gasteiger partial charge in [0.25, 0.3) is 5.91 Å². The largest absolute Gasteiger partial charge is 0.497 e. The van der Waals surface area contributed by atoms with Gasteiger partial charge in [0.2, 0.25) is 5.91 Å². The summed E-state index contributed by atoms with van der Waals surface area (Å²) in [5.74, 6) is 1.22. The van der Waals surface area contributed by atoms with E-state index in [0.717, 1.165) is 11.3 Å². The zero-order valence-corrected chi connectivity index (χ0v) is 20.5. The topological polar surface area (TPSA) is 80.2 Å². The predicted molar refractivity (Wildman–Crippen MR) is 134 cm³/mol. The summed E-state index contributed by atoms with van der Waals surface area (Å²) in [6.07, 6.45) is 1.70. The van der Waals surface area contributed by atoms with Gasteiger partial charge in [-0.1, -0.05) is 49.3 Å². The maximum atomic E-state index is 13.3. The number of halogens is 1. The Morgan fingerprint density at radius 1 is 1.18 bits per heavy atom. The van der Waals surface area contributed by atoms with E-state index in [4.69, 9.17) is 21.1 Å². The lowest BCUT2D eigenvalue weighted by atomic mass is 10.2. The Hall–Kier alpha value is -2.97. The molecular weight excluding hydrogens is 462 g/mol. The maximum absolute atomic E-state index is 13.3. The molecule has 0 unspecified atom stereocenters. The third-order valence-corrected chi connectivity index (χ3v) is 5.93. The van der Waals surface area contributed by atoms with Crippen molar-refractivity contribution in [3.05, 3.63) is 58.7 Å². The van der Waals surface area contributed by atoms with Gasteiger partial charge in [-0.2, -0.15) is 0 Å². The molecule has 9 heteroatoms. The Kier molecular flexibility index (Phi) is 8.41. The van der Waals surface area contributed by atoms with Crippen LogP contribution in [-0.4, -0.2) is 43.5 Å². The summed E-state index contributed by atoms with van der Waals surface area (Å²) in [7, 11) is 3.10. The van der Waals surface area contributed by atoms with Crippen molar-refractivity contribution in [1.82, 2.24) is 5.32 Å². The molecule has 0 aliphatic carbocycles. The molecule has 3 rings (SSSR count). The maximum Gasteiger partial charge on any atom is 0.283 e. The summed E-state index contributed by atoms with van der Waals surface area (Å²) >= 11 is 7.36. The van der Waals surface area contributed by atoms with Crippen LogP contribution in [0.15, 0.2) is 53.2 Å². The third-order valence-electron chi connectivity index (χ3n) is 4.68. The van der Waals surface area contributed by atoms with E-state index in [2.05, 4.69) is 10.3 Å². The summed E-state index contributed by atoms with van der Waals surface area (Å²) in [4.78, 5) is 31.6. The van der Waals surface area contributed by atoms with Crippen molar-refractivity contribution in [2.24, 2.45) is 10.9 Å². The highest BCUT2D eigenvalue weighted by Crippen LogP contribution is 2.34. The number of ether oxygens (including phenoxy) is 2. The number of aliphatic imine (C=N–C) groups is 1. The fraction of sp³-hybridized carbons (Fsp3) is 0.292. The van der Waals surface area contributed by atoms with Crippen molar-refractivity contribution in [1.29, 1.82) is 0 Å². The minimum Gasteiger partial charge on any atom is -0.497 e. The Morgan fingerprint density at radius 3 is 2.55 bits per heavy atom. The Bertz CT molecular complexity index is 1080. The van der Waals surface area contributed by atoms with Crippen molar-refractivity contribution in [2.45, 2.75) is 13.8 Å². The number of thioether (sulfide) groups is 1. The zero-order valence-electron chi connectivity index (χ0n) is 18.9.